The number of benzene rings is 2. The van der Waals surface area contributed by atoms with Gasteiger partial charge in [-0.1, -0.05) is 0 Å². The number of fused-ring (bicyclic) bond motifs is 2. The summed E-state index contributed by atoms with van der Waals surface area (Å²) < 4.78 is 11.8. The fourth-order valence-corrected chi connectivity index (χ4v) is 5.36. The van der Waals surface area contributed by atoms with Crippen LogP contribution in [-0.4, -0.2) is 54.7 Å². The molecule has 0 saturated carbocycles. The summed E-state index contributed by atoms with van der Waals surface area (Å²) in [4.78, 5) is 33.6. The van der Waals surface area contributed by atoms with Gasteiger partial charge in [-0.25, -0.2) is 9.78 Å². The molecule has 8 nitrogen and oxygen atoms in total. The highest BCUT2D eigenvalue weighted by molar-refractivity contribution is 7.18. The Kier molecular flexibility index (Phi) is 5.90. The number of carbonyl (C=O) groups is 2. The Morgan fingerprint density at radius 3 is 2.85 bits per heavy atom. The van der Waals surface area contributed by atoms with Crippen molar-refractivity contribution in [2.45, 2.75) is 32.4 Å². The van der Waals surface area contributed by atoms with E-state index in [9.17, 15) is 9.59 Å². The second-order valence-electron chi connectivity index (χ2n) is 8.39. The third kappa shape index (κ3) is 4.51. The van der Waals surface area contributed by atoms with Gasteiger partial charge >= 0.3 is 6.09 Å². The van der Waals surface area contributed by atoms with E-state index in [4.69, 9.17) is 9.47 Å². The quantitative estimate of drug-likeness (QED) is 0.608. The summed E-state index contributed by atoms with van der Waals surface area (Å²) in [6.07, 6.45) is 1.24. The van der Waals surface area contributed by atoms with E-state index >= 15 is 0 Å². The maximum absolute atomic E-state index is 12.6. The van der Waals surface area contributed by atoms with E-state index in [2.05, 4.69) is 15.2 Å². The number of rotatable bonds is 5. The molecule has 1 N–H and O–H groups in total. The first-order valence-electron chi connectivity index (χ1n) is 11.0. The highest BCUT2D eigenvalue weighted by atomic mass is 32.1. The molecule has 2 amide bonds. The fraction of sp³-hybridized carbons (Fsp3) is 0.375. The topological polar surface area (TPSA) is 84.0 Å². The molecule has 3 heterocycles. The Morgan fingerprint density at radius 1 is 1.24 bits per heavy atom. The SMILES string of the molecule is COc1ccc2c(c1)COC(=O)N2C1CCN(CC(=O)Nc2ccc3sc(C)nc3c2)CC1. The molecule has 0 aliphatic carbocycles. The lowest BCUT2D eigenvalue weighted by molar-refractivity contribution is -0.117. The molecule has 0 atom stereocenters. The summed E-state index contributed by atoms with van der Waals surface area (Å²) in [7, 11) is 1.62. The summed E-state index contributed by atoms with van der Waals surface area (Å²) in [6, 6.07) is 11.6. The third-order valence-corrected chi connectivity index (χ3v) is 7.11. The standard InChI is InChI=1S/C24H26N4O4S/c1-15-25-20-12-17(3-6-22(20)33-15)26-23(29)13-27-9-7-18(8-10-27)28-21-5-4-19(31-2)11-16(21)14-32-24(28)30/h3-6,11-12,18H,7-10,13-14H2,1-2H3,(H,26,29). The minimum atomic E-state index is -0.309. The number of nitrogens with one attached hydrogen (secondary N) is 1. The zero-order valence-corrected chi connectivity index (χ0v) is 19.5. The van der Waals surface area contributed by atoms with Gasteiger partial charge in [0.2, 0.25) is 5.91 Å². The molecule has 0 unspecified atom stereocenters. The number of likely N-dealkylation sites (tertiary alicyclic amines) is 1. The molecule has 2 aromatic carbocycles. The van der Waals surface area contributed by atoms with Crippen LogP contribution in [0.3, 0.4) is 0 Å². The summed E-state index contributed by atoms with van der Waals surface area (Å²) in [5, 5.41) is 3.99. The number of ether oxygens (including phenoxy) is 2. The minimum absolute atomic E-state index is 0.0413. The van der Waals surface area contributed by atoms with Crippen molar-refractivity contribution in [3.05, 3.63) is 47.0 Å². The molecule has 1 saturated heterocycles. The van der Waals surface area contributed by atoms with Gasteiger partial charge in [0, 0.05) is 30.4 Å². The van der Waals surface area contributed by atoms with Crippen LogP contribution in [0.5, 0.6) is 5.75 Å². The number of hydrogen-bond acceptors (Lipinski definition) is 7. The normalized spacial score (nSPS) is 17.0. The molecule has 0 bridgehead atoms. The summed E-state index contributed by atoms with van der Waals surface area (Å²) >= 11 is 1.64. The van der Waals surface area contributed by atoms with Crippen molar-refractivity contribution in [2.75, 3.05) is 37.0 Å². The molecule has 1 fully saturated rings. The van der Waals surface area contributed by atoms with Crippen LogP contribution < -0.4 is 15.0 Å². The number of methoxy groups -OCH3 is 1. The van der Waals surface area contributed by atoms with Crippen LogP contribution in [0.25, 0.3) is 10.2 Å². The Bertz CT molecular complexity index is 1200. The molecule has 5 rings (SSSR count). The average Bonchev–Trinajstić information content (AvgIpc) is 3.18. The number of hydrogen-bond donors (Lipinski definition) is 1. The van der Waals surface area contributed by atoms with Crippen LogP contribution in [0.4, 0.5) is 16.2 Å². The van der Waals surface area contributed by atoms with Gasteiger partial charge in [-0.2, -0.15) is 0 Å². The smallest absolute Gasteiger partial charge is 0.414 e. The molecule has 0 spiro atoms. The number of aromatic nitrogens is 1. The molecule has 9 heteroatoms. The number of carbonyl (C=O) groups excluding carboxylic acids is 2. The van der Waals surface area contributed by atoms with E-state index in [1.54, 1.807) is 23.3 Å². The molecule has 33 heavy (non-hydrogen) atoms. The molecule has 0 radical (unpaired) electrons. The first kappa shape index (κ1) is 21.7. The van der Waals surface area contributed by atoms with Gasteiger partial charge in [-0.15, -0.1) is 11.3 Å². The lowest BCUT2D eigenvalue weighted by atomic mass is 10.0. The van der Waals surface area contributed by atoms with Crippen LogP contribution in [0.2, 0.25) is 0 Å². The Morgan fingerprint density at radius 2 is 2.06 bits per heavy atom. The van der Waals surface area contributed by atoms with E-state index < -0.39 is 0 Å². The summed E-state index contributed by atoms with van der Waals surface area (Å²) in [6.45, 7) is 4.02. The van der Waals surface area contributed by atoms with E-state index in [0.717, 1.165) is 63.8 Å². The monoisotopic (exact) mass is 466 g/mol. The van der Waals surface area contributed by atoms with Crippen LogP contribution in [0.15, 0.2) is 36.4 Å². The first-order chi connectivity index (χ1) is 16.0. The van der Waals surface area contributed by atoms with Crippen LogP contribution in [0, 0.1) is 6.92 Å². The Hall–Kier alpha value is -3.17. The van der Waals surface area contributed by atoms with Gasteiger partial charge in [-0.3, -0.25) is 14.6 Å². The molecule has 172 valence electrons. The van der Waals surface area contributed by atoms with Gasteiger partial charge < -0.3 is 14.8 Å². The highest BCUT2D eigenvalue weighted by Gasteiger charge is 2.34. The average molecular weight is 467 g/mol. The molecule has 2 aliphatic rings. The van der Waals surface area contributed by atoms with Crippen molar-refractivity contribution in [3.8, 4) is 5.75 Å². The second-order valence-corrected chi connectivity index (χ2v) is 9.62. The van der Waals surface area contributed by atoms with E-state index in [0.29, 0.717) is 6.54 Å². The first-order valence-corrected chi connectivity index (χ1v) is 11.8. The van der Waals surface area contributed by atoms with E-state index in [1.165, 1.54) is 0 Å². The number of thiazole rings is 1. The number of cyclic esters (lactones) is 1. The van der Waals surface area contributed by atoms with Gasteiger partial charge in [-0.05, 0) is 56.2 Å². The van der Waals surface area contributed by atoms with Crippen molar-refractivity contribution in [1.82, 2.24) is 9.88 Å². The zero-order valence-electron chi connectivity index (χ0n) is 18.7. The molecule has 1 aromatic heterocycles. The zero-order chi connectivity index (χ0) is 22.9. The third-order valence-electron chi connectivity index (χ3n) is 6.16. The number of piperidine rings is 1. The maximum Gasteiger partial charge on any atom is 0.414 e. The van der Waals surface area contributed by atoms with Crippen molar-refractivity contribution in [2.24, 2.45) is 0 Å². The second kappa shape index (κ2) is 8.99. The highest BCUT2D eigenvalue weighted by Crippen LogP contribution is 2.34. The number of anilines is 2. The number of nitrogens with zero attached hydrogens (tertiary/aromatic N) is 3. The van der Waals surface area contributed by atoms with Gasteiger partial charge in [0.05, 0.1) is 34.6 Å². The largest absolute Gasteiger partial charge is 0.497 e. The van der Waals surface area contributed by atoms with E-state index in [-0.39, 0.29) is 24.6 Å². The van der Waals surface area contributed by atoms with Gasteiger partial charge in [0.25, 0.3) is 0 Å². The Labute approximate surface area is 196 Å². The van der Waals surface area contributed by atoms with Crippen molar-refractivity contribution < 1.29 is 19.1 Å². The van der Waals surface area contributed by atoms with Crippen LogP contribution >= 0.6 is 11.3 Å². The minimum Gasteiger partial charge on any atom is -0.497 e. The molecular formula is C24H26N4O4S. The predicted molar refractivity (Wildman–Crippen MR) is 128 cm³/mol. The molecule has 3 aromatic rings. The van der Waals surface area contributed by atoms with Crippen molar-refractivity contribution in [3.63, 3.8) is 0 Å². The number of aryl methyl sites for hydroxylation is 1. The fourth-order valence-electron chi connectivity index (χ4n) is 4.55. The van der Waals surface area contributed by atoms with E-state index in [1.807, 2.05) is 43.3 Å². The predicted octanol–water partition coefficient (Wildman–Crippen LogP) is 4.17. The molecular weight excluding hydrogens is 440 g/mol. The van der Waals surface area contributed by atoms with Crippen molar-refractivity contribution >= 4 is 44.9 Å². The van der Waals surface area contributed by atoms with Crippen molar-refractivity contribution in [1.29, 1.82) is 0 Å². The van der Waals surface area contributed by atoms with Gasteiger partial charge in [0.1, 0.15) is 12.4 Å². The lowest BCUT2D eigenvalue weighted by Gasteiger charge is -2.40. The lowest BCUT2D eigenvalue weighted by Crippen LogP contribution is -2.50. The maximum atomic E-state index is 12.6. The summed E-state index contributed by atoms with van der Waals surface area (Å²) in [5.41, 5.74) is 3.50. The van der Waals surface area contributed by atoms with Crippen LogP contribution in [-0.2, 0) is 16.1 Å². The number of amides is 2. The Balaban J connectivity index is 1.19. The summed E-state index contributed by atoms with van der Waals surface area (Å²) in [5.74, 6) is 0.700. The van der Waals surface area contributed by atoms with Gasteiger partial charge in [0.15, 0.2) is 0 Å². The molecule has 2 aliphatic heterocycles. The van der Waals surface area contributed by atoms with Crippen LogP contribution in [0.1, 0.15) is 23.4 Å².